The fourth-order valence-electron chi connectivity index (χ4n) is 1.80. The minimum atomic E-state index is -0.464. The van der Waals surface area contributed by atoms with Gasteiger partial charge in [-0.3, -0.25) is 10.1 Å². The van der Waals surface area contributed by atoms with E-state index in [2.05, 4.69) is 30.8 Å². The van der Waals surface area contributed by atoms with Gasteiger partial charge in [0.25, 0.3) is 5.69 Å². The number of hydrogen-bond donors (Lipinski definition) is 3. The molecule has 0 aliphatic rings. The molecule has 2 aromatic carbocycles. The molecular weight excluding hydrogens is 288 g/mol. The quantitative estimate of drug-likeness (QED) is 0.273. The number of non-ortho nitro benzene ring substituents is 1. The highest BCUT2D eigenvalue weighted by atomic mass is 16.6. The summed E-state index contributed by atoms with van der Waals surface area (Å²) < 4.78 is 0. The molecule has 0 saturated carbocycles. The van der Waals surface area contributed by atoms with Gasteiger partial charge in [0, 0.05) is 17.8 Å². The van der Waals surface area contributed by atoms with Gasteiger partial charge in [0.15, 0.2) is 0 Å². The van der Waals surface area contributed by atoms with Crippen LogP contribution in [0.15, 0.2) is 36.4 Å². The number of anilines is 1. The van der Waals surface area contributed by atoms with Crippen molar-refractivity contribution < 1.29 is 4.92 Å². The number of nitrogens with zero attached hydrogens (tertiary/aromatic N) is 5. The molecule has 0 unspecified atom stereocenters. The summed E-state index contributed by atoms with van der Waals surface area (Å²) in [7, 11) is 0. The fraction of sp³-hybridized carbons (Fsp3) is 0. The van der Waals surface area contributed by atoms with Gasteiger partial charge in [-0.25, -0.2) is 0 Å². The number of fused-ring (bicyclic) bond motifs is 2. The van der Waals surface area contributed by atoms with E-state index in [-0.39, 0.29) is 5.69 Å². The second-order valence-electron chi connectivity index (χ2n) is 4.33. The first-order chi connectivity index (χ1) is 10.6. The molecule has 22 heavy (non-hydrogen) atoms. The summed E-state index contributed by atoms with van der Waals surface area (Å²) in [5, 5.41) is 30.4. The van der Waals surface area contributed by atoms with E-state index < -0.39 is 4.92 Å². The topological polar surface area (TPSA) is 152 Å². The van der Waals surface area contributed by atoms with Gasteiger partial charge in [-0.2, -0.15) is 30.8 Å². The zero-order valence-electron chi connectivity index (χ0n) is 11.1. The van der Waals surface area contributed by atoms with Crippen LogP contribution in [0.4, 0.5) is 11.4 Å². The third-order valence-corrected chi connectivity index (χ3v) is 2.85. The third kappa shape index (κ3) is 2.65. The van der Waals surface area contributed by atoms with E-state index in [1.54, 1.807) is 18.2 Å². The maximum Gasteiger partial charge on any atom is 0.271 e. The molecule has 4 rings (SSSR count). The summed E-state index contributed by atoms with van der Waals surface area (Å²) in [5.74, 6) is 0. The number of nitrogens with one attached hydrogen (secondary N) is 2. The molecule has 4 N–H and O–H groups in total. The smallest absolute Gasteiger partial charge is 0.271 e. The van der Waals surface area contributed by atoms with Crippen molar-refractivity contribution in [2.24, 2.45) is 0 Å². The Morgan fingerprint density at radius 2 is 1.41 bits per heavy atom. The van der Waals surface area contributed by atoms with Crippen molar-refractivity contribution in [3.63, 3.8) is 0 Å². The Hall–Kier alpha value is -3.56. The van der Waals surface area contributed by atoms with Gasteiger partial charge in [0.1, 0.15) is 22.1 Å². The summed E-state index contributed by atoms with van der Waals surface area (Å²) in [6.45, 7) is 0. The highest BCUT2D eigenvalue weighted by Crippen LogP contribution is 2.16. The molecule has 0 amide bonds. The Balaban J connectivity index is 0.000000133. The number of nitrogen functional groups attached to an aromatic ring is 1. The molecule has 0 aliphatic carbocycles. The number of nitro groups is 1. The number of nitrogens with two attached hydrogens (primary N) is 1. The van der Waals surface area contributed by atoms with Crippen molar-refractivity contribution in [2.75, 3.05) is 5.73 Å². The highest BCUT2D eigenvalue weighted by molar-refractivity contribution is 5.77. The standard InChI is InChI=1S/C6H4N4O2.C6H6N4/c11-10(12)4-1-2-5-6(3-4)8-9-7-5;7-4-1-2-5-6(3-4)9-10-8-5/h1-3H,(H,7,8,9);1-3H,7H2,(H,8,9,10). The van der Waals surface area contributed by atoms with Gasteiger partial charge in [0.05, 0.1) is 4.92 Å². The van der Waals surface area contributed by atoms with Gasteiger partial charge in [-0.05, 0) is 24.3 Å². The van der Waals surface area contributed by atoms with Crippen LogP contribution in [0, 0.1) is 10.1 Å². The van der Waals surface area contributed by atoms with E-state index in [1.165, 1.54) is 12.1 Å². The van der Waals surface area contributed by atoms with Crippen molar-refractivity contribution in [1.29, 1.82) is 0 Å². The third-order valence-electron chi connectivity index (χ3n) is 2.85. The first-order valence-electron chi connectivity index (χ1n) is 6.14. The Morgan fingerprint density at radius 1 is 0.864 bits per heavy atom. The molecule has 4 aromatic rings. The van der Waals surface area contributed by atoms with E-state index in [9.17, 15) is 10.1 Å². The largest absolute Gasteiger partial charge is 0.399 e. The normalized spacial score (nSPS) is 10.4. The number of aromatic amines is 2. The van der Waals surface area contributed by atoms with E-state index >= 15 is 0 Å². The first-order valence-corrected chi connectivity index (χ1v) is 6.14. The summed E-state index contributed by atoms with van der Waals surface area (Å²) in [6.07, 6.45) is 0. The van der Waals surface area contributed by atoms with E-state index in [4.69, 9.17) is 5.73 Å². The van der Waals surface area contributed by atoms with Gasteiger partial charge < -0.3 is 5.73 Å². The number of rotatable bonds is 1. The van der Waals surface area contributed by atoms with Crippen LogP contribution in [0.2, 0.25) is 0 Å². The molecule has 0 aliphatic heterocycles. The Kier molecular flexibility index (Phi) is 3.32. The van der Waals surface area contributed by atoms with Crippen LogP contribution in [-0.2, 0) is 0 Å². The average molecular weight is 298 g/mol. The van der Waals surface area contributed by atoms with E-state index in [1.807, 2.05) is 6.07 Å². The first kappa shape index (κ1) is 13.4. The number of aromatic nitrogens is 6. The molecule has 10 nitrogen and oxygen atoms in total. The van der Waals surface area contributed by atoms with Crippen LogP contribution in [0.25, 0.3) is 22.1 Å². The summed E-state index contributed by atoms with van der Waals surface area (Å²) >= 11 is 0. The molecule has 110 valence electrons. The van der Waals surface area contributed by atoms with Crippen molar-refractivity contribution in [1.82, 2.24) is 30.8 Å². The van der Waals surface area contributed by atoms with Crippen LogP contribution in [0.1, 0.15) is 0 Å². The highest BCUT2D eigenvalue weighted by Gasteiger charge is 2.07. The Labute approximate surface area is 122 Å². The predicted molar refractivity (Wildman–Crippen MR) is 78.8 cm³/mol. The minimum Gasteiger partial charge on any atom is -0.399 e. The van der Waals surface area contributed by atoms with Crippen LogP contribution in [0.5, 0.6) is 0 Å². The maximum absolute atomic E-state index is 10.3. The lowest BCUT2D eigenvalue weighted by Gasteiger charge is -1.87. The predicted octanol–water partition coefficient (Wildman–Crippen LogP) is 1.41. The number of hydrogen-bond acceptors (Lipinski definition) is 7. The monoisotopic (exact) mass is 298 g/mol. The summed E-state index contributed by atoms with van der Waals surface area (Å²) in [6, 6.07) is 9.72. The molecule has 2 heterocycles. The van der Waals surface area contributed by atoms with Crippen LogP contribution in [-0.4, -0.2) is 35.7 Å². The molecular formula is C12H10N8O2. The lowest BCUT2D eigenvalue weighted by Crippen LogP contribution is -1.86. The zero-order valence-corrected chi connectivity index (χ0v) is 11.1. The van der Waals surface area contributed by atoms with Crippen LogP contribution < -0.4 is 5.73 Å². The summed E-state index contributed by atoms with van der Waals surface area (Å²) in [5.41, 5.74) is 9.01. The van der Waals surface area contributed by atoms with Crippen molar-refractivity contribution >= 4 is 33.4 Å². The average Bonchev–Trinajstić information content (AvgIpc) is 3.14. The Bertz CT molecular complexity index is 944. The van der Waals surface area contributed by atoms with Gasteiger partial charge >= 0.3 is 0 Å². The molecule has 0 saturated heterocycles. The molecule has 2 aromatic heterocycles. The van der Waals surface area contributed by atoms with Crippen molar-refractivity contribution in [3.05, 3.63) is 46.5 Å². The lowest BCUT2D eigenvalue weighted by molar-refractivity contribution is -0.384. The fourth-order valence-corrected chi connectivity index (χ4v) is 1.80. The Morgan fingerprint density at radius 3 is 2.05 bits per heavy atom. The van der Waals surface area contributed by atoms with Gasteiger partial charge in [-0.1, -0.05) is 0 Å². The molecule has 10 heteroatoms. The molecule has 0 bridgehead atoms. The van der Waals surface area contributed by atoms with Crippen LogP contribution >= 0.6 is 0 Å². The summed E-state index contributed by atoms with van der Waals surface area (Å²) in [4.78, 5) is 9.85. The zero-order chi connectivity index (χ0) is 15.5. The van der Waals surface area contributed by atoms with Crippen LogP contribution in [0.3, 0.4) is 0 Å². The van der Waals surface area contributed by atoms with E-state index in [0.717, 1.165) is 11.0 Å². The van der Waals surface area contributed by atoms with Gasteiger partial charge in [0.2, 0.25) is 0 Å². The number of nitro benzene ring substituents is 1. The maximum atomic E-state index is 10.3. The number of H-pyrrole nitrogens is 2. The SMILES string of the molecule is Nc1ccc2n[nH]nc2c1.O=[N+]([O-])c1ccc2n[nH]nc2c1. The second kappa shape index (κ2) is 5.44. The lowest BCUT2D eigenvalue weighted by atomic mass is 10.3. The molecule has 0 fully saturated rings. The van der Waals surface area contributed by atoms with Crippen molar-refractivity contribution in [3.8, 4) is 0 Å². The molecule has 0 radical (unpaired) electrons. The van der Waals surface area contributed by atoms with Crippen molar-refractivity contribution in [2.45, 2.75) is 0 Å². The second-order valence-corrected chi connectivity index (χ2v) is 4.33. The van der Waals surface area contributed by atoms with Gasteiger partial charge in [-0.15, -0.1) is 0 Å². The minimum absolute atomic E-state index is 0.0244. The molecule has 0 atom stereocenters. The molecule has 0 spiro atoms. The van der Waals surface area contributed by atoms with E-state index in [0.29, 0.717) is 16.7 Å². The number of benzene rings is 2.